The van der Waals surface area contributed by atoms with Crippen molar-refractivity contribution in [2.75, 3.05) is 5.73 Å². The Labute approximate surface area is 105 Å². The average Bonchev–Trinajstić information content (AvgIpc) is 2.29. The zero-order valence-electron chi connectivity index (χ0n) is 8.80. The first kappa shape index (κ1) is 12.0. The zero-order valence-corrected chi connectivity index (χ0v) is 10.4. The second-order valence-electron chi connectivity index (χ2n) is 3.53. The molecule has 0 atom stereocenters. The van der Waals surface area contributed by atoms with Gasteiger partial charge in [-0.15, -0.1) is 0 Å². The number of hydrogen-bond acceptors (Lipinski definition) is 3. The maximum Gasteiger partial charge on any atom is 0.206 e. The molecule has 0 saturated heterocycles. The third-order valence-electron chi connectivity index (χ3n) is 2.30. The van der Waals surface area contributed by atoms with Crippen LogP contribution in [0.2, 0.25) is 5.02 Å². The minimum Gasteiger partial charge on any atom is -0.399 e. The largest absolute Gasteiger partial charge is 0.399 e. The van der Waals surface area contributed by atoms with E-state index in [1.165, 1.54) is 24.3 Å². The van der Waals surface area contributed by atoms with E-state index >= 15 is 0 Å². The van der Waals surface area contributed by atoms with Gasteiger partial charge in [-0.3, -0.25) is 0 Å². The van der Waals surface area contributed by atoms with Gasteiger partial charge >= 0.3 is 0 Å². The number of sulfone groups is 1. The number of benzene rings is 2. The Morgan fingerprint density at radius 3 is 2.18 bits per heavy atom. The molecule has 0 aliphatic rings. The molecular weight excluding hydrogens is 258 g/mol. The number of halogens is 1. The maximum absolute atomic E-state index is 12.2. The van der Waals surface area contributed by atoms with Gasteiger partial charge in [0.15, 0.2) is 0 Å². The van der Waals surface area contributed by atoms with Gasteiger partial charge < -0.3 is 5.73 Å². The van der Waals surface area contributed by atoms with Crippen molar-refractivity contribution in [1.82, 2.24) is 0 Å². The molecule has 17 heavy (non-hydrogen) atoms. The Hall–Kier alpha value is -1.52. The molecule has 5 heteroatoms. The molecule has 0 aliphatic carbocycles. The smallest absolute Gasteiger partial charge is 0.206 e. The van der Waals surface area contributed by atoms with E-state index in [0.29, 0.717) is 10.7 Å². The fraction of sp³-hybridized carbons (Fsp3) is 0. The highest BCUT2D eigenvalue weighted by atomic mass is 35.5. The number of rotatable bonds is 2. The minimum atomic E-state index is -3.52. The molecule has 0 radical (unpaired) electrons. The van der Waals surface area contributed by atoms with Crippen molar-refractivity contribution in [3.63, 3.8) is 0 Å². The van der Waals surface area contributed by atoms with Crippen molar-refractivity contribution in [3.8, 4) is 0 Å². The maximum atomic E-state index is 12.2. The molecule has 0 spiro atoms. The topological polar surface area (TPSA) is 60.2 Å². The highest BCUT2D eigenvalue weighted by Crippen LogP contribution is 2.23. The summed E-state index contributed by atoms with van der Waals surface area (Å²) in [7, 11) is -3.52. The summed E-state index contributed by atoms with van der Waals surface area (Å²) in [6.45, 7) is 0. The Bertz CT molecular complexity index is 636. The molecule has 3 nitrogen and oxygen atoms in total. The van der Waals surface area contributed by atoms with Crippen molar-refractivity contribution in [2.45, 2.75) is 9.79 Å². The Balaban J connectivity index is 2.54. The van der Waals surface area contributed by atoms with Crippen LogP contribution in [0.4, 0.5) is 5.69 Å². The fourth-order valence-electron chi connectivity index (χ4n) is 1.42. The van der Waals surface area contributed by atoms with Gasteiger partial charge in [-0.2, -0.15) is 0 Å². The second kappa shape index (κ2) is 4.39. The van der Waals surface area contributed by atoms with Crippen molar-refractivity contribution < 1.29 is 8.42 Å². The lowest BCUT2D eigenvalue weighted by Crippen LogP contribution is -2.01. The predicted molar refractivity (Wildman–Crippen MR) is 67.8 cm³/mol. The van der Waals surface area contributed by atoms with E-state index in [1.54, 1.807) is 24.3 Å². The Kier molecular flexibility index (Phi) is 3.09. The normalized spacial score (nSPS) is 11.4. The summed E-state index contributed by atoms with van der Waals surface area (Å²) in [5, 5.41) is 0.390. The van der Waals surface area contributed by atoms with E-state index < -0.39 is 9.84 Å². The van der Waals surface area contributed by atoms with E-state index in [-0.39, 0.29) is 9.79 Å². The summed E-state index contributed by atoms with van der Waals surface area (Å²) in [4.78, 5) is 0.378. The molecule has 0 heterocycles. The van der Waals surface area contributed by atoms with Gasteiger partial charge in [-0.05, 0) is 42.5 Å². The Morgan fingerprint density at radius 1 is 0.941 bits per heavy atom. The summed E-state index contributed by atoms with van der Waals surface area (Å²) in [6.07, 6.45) is 0. The van der Waals surface area contributed by atoms with Crippen molar-refractivity contribution in [3.05, 3.63) is 53.6 Å². The van der Waals surface area contributed by atoms with Crippen LogP contribution in [0, 0.1) is 0 Å². The van der Waals surface area contributed by atoms with Gasteiger partial charge in [0.2, 0.25) is 9.84 Å². The van der Waals surface area contributed by atoms with Crippen molar-refractivity contribution in [2.24, 2.45) is 0 Å². The number of hydrogen-bond donors (Lipinski definition) is 1. The van der Waals surface area contributed by atoms with Crippen LogP contribution in [0.3, 0.4) is 0 Å². The standard InChI is InChI=1S/C12H10ClNO2S/c13-9-2-1-3-12(8-9)17(15,16)11-6-4-10(14)5-7-11/h1-8H,14H2. The molecule has 0 bridgehead atoms. The first-order valence-corrected chi connectivity index (χ1v) is 6.72. The third kappa shape index (κ3) is 2.43. The molecule has 0 amide bonds. The van der Waals surface area contributed by atoms with Gasteiger partial charge in [0, 0.05) is 10.7 Å². The molecule has 2 aromatic rings. The van der Waals surface area contributed by atoms with Crippen LogP contribution in [0.5, 0.6) is 0 Å². The minimum absolute atomic E-state index is 0.176. The van der Waals surface area contributed by atoms with Crippen molar-refractivity contribution in [1.29, 1.82) is 0 Å². The quantitative estimate of drug-likeness (QED) is 0.851. The van der Waals surface area contributed by atoms with Crippen LogP contribution in [0.1, 0.15) is 0 Å². The molecular formula is C12H10ClNO2S. The van der Waals surface area contributed by atoms with Gasteiger partial charge in [0.25, 0.3) is 0 Å². The highest BCUT2D eigenvalue weighted by molar-refractivity contribution is 7.91. The lowest BCUT2D eigenvalue weighted by molar-refractivity contribution is 0.596. The Morgan fingerprint density at radius 2 is 1.59 bits per heavy atom. The number of anilines is 1. The molecule has 0 fully saturated rings. The summed E-state index contributed by atoms with van der Waals surface area (Å²) in [6, 6.07) is 12.2. The fourth-order valence-corrected chi connectivity index (χ4v) is 2.98. The molecule has 2 rings (SSSR count). The molecule has 0 aliphatic heterocycles. The van der Waals surface area contributed by atoms with Gasteiger partial charge in [0.05, 0.1) is 9.79 Å². The summed E-state index contributed by atoms with van der Waals surface area (Å²) in [5.41, 5.74) is 6.04. The first-order chi connectivity index (χ1) is 8.00. The summed E-state index contributed by atoms with van der Waals surface area (Å²) >= 11 is 5.78. The molecule has 88 valence electrons. The molecule has 2 N–H and O–H groups in total. The molecule has 0 aromatic heterocycles. The van der Waals surface area contributed by atoms with Gasteiger partial charge in [-0.25, -0.2) is 8.42 Å². The highest BCUT2D eigenvalue weighted by Gasteiger charge is 2.17. The predicted octanol–water partition coefficient (Wildman–Crippen LogP) is 2.76. The van der Waals surface area contributed by atoms with E-state index in [4.69, 9.17) is 17.3 Å². The van der Waals surface area contributed by atoms with E-state index in [9.17, 15) is 8.42 Å². The van der Waals surface area contributed by atoms with E-state index in [2.05, 4.69) is 0 Å². The van der Waals surface area contributed by atoms with E-state index in [0.717, 1.165) is 0 Å². The van der Waals surface area contributed by atoms with Gasteiger partial charge in [-0.1, -0.05) is 17.7 Å². The van der Waals surface area contributed by atoms with Crippen LogP contribution < -0.4 is 5.73 Å². The van der Waals surface area contributed by atoms with Crippen LogP contribution in [-0.4, -0.2) is 8.42 Å². The molecule has 0 unspecified atom stereocenters. The SMILES string of the molecule is Nc1ccc(S(=O)(=O)c2cccc(Cl)c2)cc1. The van der Waals surface area contributed by atoms with Crippen LogP contribution in [0.25, 0.3) is 0 Å². The van der Waals surface area contributed by atoms with Gasteiger partial charge in [0.1, 0.15) is 0 Å². The third-order valence-corrected chi connectivity index (χ3v) is 4.30. The lowest BCUT2D eigenvalue weighted by atomic mass is 10.3. The van der Waals surface area contributed by atoms with Crippen LogP contribution >= 0.6 is 11.6 Å². The lowest BCUT2D eigenvalue weighted by Gasteiger charge is -2.05. The summed E-state index contributed by atoms with van der Waals surface area (Å²) < 4.78 is 24.4. The molecule has 2 aromatic carbocycles. The first-order valence-electron chi connectivity index (χ1n) is 4.86. The average molecular weight is 268 g/mol. The van der Waals surface area contributed by atoms with Crippen LogP contribution in [0.15, 0.2) is 58.3 Å². The van der Waals surface area contributed by atoms with Crippen molar-refractivity contribution >= 4 is 27.1 Å². The van der Waals surface area contributed by atoms with E-state index in [1.807, 2.05) is 0 Å². The monoisotopic (exact) mass is 267 g/mol. The number of nitrogens with two attached hydrogens (primary N) is 1. The van der Waals surface area contributed by atoms with Crippen LogP contribution in [-0.2, 0) is 9.84 Å². The molecule has 0 saturated carbocycles. The second-order valence-corrected chi connectivity index (χ2v) is 5.92. The zero-order chi connectivity index (χ0) is 12.5. The number of nitrogen functional groups attached to an aromatic ring is 1. The summed E-state index contributed by atoms with van der Waals surface area (Å²) in [5.74, 6) is 0.